The Balaban J connectivity index is 1.53. The molecule has 1 fully saturated rings. The Morgan fingerprint density at radius 3 is 3.14 bits per heavy atom. The first-order valence-corrected chi connectivity index (χ1v) is 8.89. The van der Waals surface area contributed by atoms with Crippen LogP contribution in [0.15, 0.2) is 23.7 Å². The van der Waals surface area contributed by atoms with E-state index in [0.29, 0.717) is 0 Å². The van der Waals surface area contributed by atoms with Gasteiger partial charge in [0.05, 0.1) is 11.5 Å². The molecule has 114 valence electrons. The number of thiophene rings is 1. The molecule has 0 aliphatic carbocycles. The fraction of sp³-hybridized carbons (Fsp3) is 0.533. The van der Waals surface area contributed by atoms with Gasteiger partial charge in [-0.1, -0.05) is 6.07 Å². The largest absolute Gasteiger partial charge is 0.396 e. The first-order chi connectivity index (χ1) is 10.3. The van der Waals surface area contributed by atoms with Crippen molar-refractivity contribution in [3.63, 3.8) is 0 Å². The van der Waals surface area contributed by atoms with Gasteiger partial charge < -0.3 is 15.2 Å². The summed E-state index contributed by atoms with van der Waals surface area (Å²) in [6.07, 6.45) is 3.80. The molecule has 0 bridgehead atoms. The van der Waals surface area contributed by atoms with E-state index in [1.165, 1.54) is 9.75 Å². The van der Waals surface area contributed by atoms with Crippen molar-refractivity contribution in [3.05, 3.63) is 28.6 Å². The number of aliphatic hydroxyl groups excluding tert-OH is 1. The number of thiazole rings is 1. The molecule has 21 heavy (non-hydrogen) atoms. The molecule has 6 heteroatoms. The Morgan fingerprint density at radius 2 is 2.43 bits per heavy atom. The molecule has 0 amide bonds. The lowest BCUT2D eigenvalue weighted by Crippen LogP contribution is -2.35. The summed E-state index contributed by atoms with van der Waals surface area (Å²) in [5.41, 5.74) is 0.107. The second kappa shape index (κ2) is 6.98. The summed E-state index contributed by atoms with van der Waals surface area (Å²) in [5, 5.41) is 15.9. The zero-order valence-electron chi connectivity index (χ0n) is 11.9. The fourth-order valence-corrected chi connectivity index (χ4v) is 4.35. The number of rotatable bonds is 7. The van der Waals surface area contributed by atoms with Crippen LogP contribution < -0.4 is 5.32 Å². The van der Waals surface area contributed by atoms with Crippen LogP contribution in [0.3, 0.4) is 0 Å². The summed E-state index contributed by atoms with van der Waals surface area (Å²) in [6.45, 7) is 3.51. The zero-order chi connectivity index (χ0) is 14.5. The minimum atomic E-state index is 0.107. The Bertz CT molecular complexity index is 548. The molecule has 3 heterocycles. The van der Waals surface area contributed by atoms with Gasteiger partial charge in [0, 0.05) is 42.8 Å². The highest BCUT2D eigenvalue weighted by atomic mass is 32.1. The van der Waals surface area contributed by atoms with Crippen molar-refractivity contribution in [2.75, 3.05) is 26.4 Å². The van der Waals surface area contributed by atoms with E-state index >= 15 is 0 Å². The van der Waals surface area contributed by atoms with Gasteiger partial charge in [-0.15, -0.1) is 22.7 Å². The molecule has 0 spiro atoms. The van der Waals surface area contributed by atoms with Crippen molar-refractivity contribution < 1.29 is 9.84 Å². The third-order valence-electron chi connectivity index (χ3n) is 3.91. The fourth-order valence-electron chi connectivity index (χ4n) is 2.67. The summed E-state index contributed by atoms with van der Waals surface area (Å²) in [5.74, 6) is 0. The van der Waals surface area contributed by atoms with E-state index in [1.54, 1.807) is 22.7 Å². The summed E-state index contributed by atoms with van der Waals surface area (Å²) in [7, 11) is 0. The van der Waals surface area contributed by atoms with Crippen LogP contribution in [-0.2, 0) is 11.3 Å². The number of aliphatic hydroxyl groups is 1. The molecule has 2 aromatic rings. The Morgan fingerprint density at radius 1 is 1.48 bits per heavy atom. The molecule has 1 aliphatic heterocycles. The van der Waals surface area contributed by atoms with Gasteiger partial charge in [-0.2, -0.15) is 0 Å². The highest BCUT2D eigenvalue weighted by Crippen LogP contribution is 2.32. The smallest absolute Gasteiger partial charge is 0.133 e. The number of hydrogen-bond acceptors (Lipinski definition) is 6. The van der Waals surface area contributed by atoms with E-state index in [2.05, 4.69) is 27.8 Å². The molecule has 0 aromatic carbocycles. The van der Waals surface area contributed by atoms with Gasteiger partial charge in [0.15, 0.2) is 0 Å². The van der Waals surface area contributed by atoms with Crippen LogP contribution in [0.4, 0.5) is 0 Å². The second-order valence-corrected chi connectivity index (χ2v) is 7.55. The molecule has 0 saturated carbocycles. The van der Waals surface area contributed by atoms with Gasteiger partial charge in [0.1, 0.15) is 5.01 Å². The second-order valence-electron chi connectivity index (χ2n) is 5.49. The van der Waals surface area contributed by atoms with Crippen molar-refractivity contribution in [1.29, 1.82) is 0 Å². The van der Waals surface area contributed by atoms with Crippen LogP contribution in [0.2, 0.25) is 0 Å². The molecule has 0 radical (unpaired) electrons. The molecule has 1 saturated heterocycles. The van der Waals surface area contributed by atoms with Gasteiger partial charge in [0.2, 0.25) is 0 Å². The number of nitrogens with zero attached hydrogens (tertiary/aromatic N) is 1. The topological polar surface area (TPSA) is 54.4 Å². The summed E-state index contributed by atoms with van der Waals surface area (Å²) in [6, 6.07) is 4.16. The predicted molar refractivity (Wildman–Crippen MR) is 86.7 cm³/mol. The number of ether oxygens (including phenoxy) is 1. The number of nitrogens with one attached hydrogen (secondary N) is 1. The van der Waals surface area contributed by atoms with Crippen LogP contribution in [-0.4, -0.2) is 36.5 Å². The molecule has 4 nitrogen and oxygen atoms in total. The van der Waals surface area contributed by atoms with Crippen LogP contribution in [0.25, 0.3) is 9.88 Å². The monoisotopic (exact) mass is 324 g/mol. The standard InChI is InChI=1S/C15H20N2O2S2/c18-5-3-15(4-6-19-11-15)10-16-8-12-9-17-14(21-12)13-2-1-7-20-13/h1-2,7,9,16,18H,3-6,8,10-11H2. The average Bonchev–Trinajstić information content (AvgIpc) is 3.20. The maximum Gasteiger partial charge on any atom is 0.133 e. The normalized spacial score (nSPS) is 22.0. The summed E-state index contributed by atoms with van der Waals surface area (Å²) >= 11 is 3.46. The van der Waals surface area contributed by atoms with Crippen LogP contribution >= 0.6 is 22.7 Å². The van der Waals surface area contributed by atoms with Crippen molar-refractivity contribution in [1.82, 2.24) is 10.3 Å². The molecule has 1 unspecified atom stereocenters. The van der Waals surface area contributed by atoms with Crippen molar-refractivity contribution in [3.8, 4) is 9.88 Å². The Hall–Kier alpha value is -0.790. The third-order valence-corrected chi connectivity index (χ3v) is 5.95. The first kappa shape index (κ1) is 15.1. The van der Waals surface area contributed by atoms with Gasteiger partial charge in [-0.05, 0) is 24.3 Å². The number of hydrogen-bond donors (Lipinski definition) is 2. The molecule has 1 atom stereocenters. The van der Waals surface area contributed by atoms with Gasteiger partial charge in [-0.3, -0.25) is 0 Å². The molecule has 1 aliphatic rings. The average molecular weight is 324 g/mol. The van der Waals surface area contributed by atoms with E-state index in [1.807, 2.05) is 6.20 Å². The van der Waals surface area contributed by atoms with Gasteiger partial charge in [-0.25, -0.2) is 4.98 Å². The lowest BCUT2D eigenvalue weighted by molar-refractivity contribution is 0.124. The minimum Gasteiger partial charge on any atom is -0.396 e. The highest BCUT2D eigenvalue weighted by molar-refractivity contribution is 7.20. The quantitative estimate of drug-likeness (QED) is 0.822. The van der Waals surface area contributed by atoms with E-state index in [0.717, 1.165) is 44.2 Å². The van der Waals surface area contributed by atoms with E-state index in [4.69, 9.17) is 4.74 Å². The minimum absolute atomic E-state index is 0.107. The van der Waals surface area contributed by atoms with E-state index < -0.39 is 0 Å². The lowest BCUT2D eigenvalue weighted by Gasteiger charge is -2.26. The summed E-state index contributed by atoms with van der Waals surface area (Å²) in [4.78, 5) is 6.96. The maximum absolute atomic E-state index is 9.23. The molecule has 3 rings (SSSR count). The SMILES string of the molecule is OCCC1(CNCc2cnc(-c3cccs3)s2)CCOC1. The van der Waals surface area contributed by atoms with Gasteiger partial charge >= 0.3 is 0 Å². The van der Waals surface area contributed by atoms with Crippen LogP contribution in [0.5, 0.6) is 0 Å². The molecular formula is C15H20N2O2S2. The summed E-state index contributed by atoms with van der Waals surface area (Å²) < 4.78 is 5.51. The maximum atomic E-state index is 9.23. The van der Waals surface area contributed by atoms with E-state index in [-0.39, 0.29) is 12.0 Å². The van der Waals surface area contributed by atoms with Crippen molar-refractivity contribution in [2.24, 2.45) is 5.41 Å². The number of aromatic nitrogens is 1. The lowest BCUT2D eigenvalue weighted by atomic mass is 9.84. The highest BCUT2D eigenvalue weighted by Gasteiger charge is 2.33. The first-order valence-electron chi connectivity index (χ1n) is 7.19. The van der Waals surface area contributed by atoms with E-state index in [9.17, 15) is 5.11 Å². The third kappa shape index (κ3) is 3.70. The van der Waals surface area contributed by atoms with Gasteiger partial charge in [0.25, 0.3) is 0 Å². The Labute approximate surface area is 132 Å². The molecule has 2 aromatic heterocycles. The molecule has 2 N–H and O–H groups in total. The molecular weight excluding hydrogens is 304 g/mol. The van der Waals surface area contributed by atoms with Crippen molar-refractivity contribution >= 4 is 22.7 Å². The zero-order valence-corrected chi connectivity index (χ0v) is 13.5. The Kier molecular flexibility index (Phi) is 5.03. The predicted octanol–water partition coefficient (Wildman–Crippen LogP) is 2.75. The van der Waals surface area contributed by atoms with Crippen molar-refractivity contribution in [2.45, 2.75) is 19.4 Å². The van der Waals surface area contributed by atoms with Crippen LogP contribution in [0.1, 0.15) is 17.7 Å². The van der Waals surface area contributed by atoms with Crippen LogP contribution in [0, 0.1) is 5.41 Å².